The van der Waals surface area contributed by atoms with E-state index in [1.165, 1.54) is 96.2 Å². The second-order valence-corrected chi connectivity index (χ2v) is 12.1. The Kier molecular flexibility index (Phi) is 7.90. The molecule has 5 rings (SSSR count). The standard InChI is InChI=1S/C33H38S2/c1-3-5-7-9-19-33(20-10-8-6-4-2)29-23-25(31-13-11-21-34-31)15-17-27(29)28-18-16-26(24-30(28)33)32-14-12-22-35-32/h11-18,21-24H,3-10,19-20H2,1-2H3. The van der Waals surface area contributed by atoms with Crippen LogP contribution in [-0.4, -0.2) is 0 Å². The van der Waals surface area contributed by atoms with E-state index in [4.69, 9.17) is 0 Å². The maximum atomic E-state index is 2.56. The molecule has 0 fully saturated rings. The number of thiophene rings is 2. The normalized spacial score (nSPS) is 13.7. The van der Waals surface area contributed by atoms with E-state index in [0.717, 1.165) is 0 Å². The van der Waals surface area contributed by atoms with Gasteiger partial charge in [-0.2, -0.15) is 0 Å². The van der Waals surface area contributed by atoms with Crippen molar-refractivity contribution in [3.63, 3.8) is 0 Å². The molecule has 0 amide bonds. The zero-order valence-electron chi connectivity index (χ0n) is 21.3. The van der Waals surface area contributed by atoms with Gasteiger partial charge in [-0.05, 0) is 81.2 Å². The van der Waals surface area contributed by atoms with Gasteiger partial charge in [0.2, 0.25) is 0 Å². The van der Waals surface area contributed by atoms with Gasteiger partial charge in [-0.25, -0.2) is 0 Å². The Hall–Kier alpha value is -2.16. The third-order valence-corrected chi connectivity index (χ3v) is 9.72. The molecule has 1 aliphatic rings. The van der Waals surface area contributed by atoms with Gasteiger partial charge in [0.05, 0.1) is 0 Å². The molecule has 2 aromatic heterocycles. The average molecular weight is 499 g/mol. The van der Waals surface area contributed by atoms with Crippen LogP contribution in [-0.2, 0) is 5.41 Å². The molecule has 4 aromatic rings. The van der Waals surface area contributed by atoms with Crippen LogP contribution in [0.1, 0.15) is 89.2 Å². The molecule has 0 aliphatic heterocycles. The SMILES string of the molecule is CCCCCCC1(CCCCCC)c2cc(-c3cccs3)ccc2-c2ccc(-c3cccs3)cc21. The van der Waals surface area contributed by atoms with E-state index in [-0.39, 0.29) is 5.41 Å². The van der Waals surface area contributed by atoms with Crippen molar-refractivity contribution in [1.29, 1.82) is 0 Å². The molecule has 35 heavy (non-hydrogen) atoms. The van der Waals surface area contributed by atoms with E-state index in [2.05, 4.69) is 85.3 Å². The summed E-state index contributed by atoms with van der Waals surface area (Å²) in [6.07, 6.45) is 13.1. The van der Waals surface area contributed by atoms with Gasteiger partial charge in [0.15, 0.2) is 0 Å². The summed E-state index contributed by atoms with van der Waals surface area (Å²) in [4.78, 5) is 2.77. The van der Waals surface area contributed by atoms with Crippen molar-refractivity contribution in [2.24, 2.45) is 0 Å². The smallest absolute Gasteiger partial charge is 0.0342 e. The van der Waals surface area contributed by atoms with E-state index in [1.807, 2.05) is 22.7 Å². The van der Waals surface area contributed by atoms with Gasteiger partial charge in [0.1, 0.15) is 0 Å². The van der Waals surface area contributed by atoms with E-state index < -0.39 is 0 Å². The highest BCUT2D eigenvalue weighted by Crippen LogP contribution is 2.56. The molecule has 1 aliphatic carbocycles. The first-order chi connectivity index (χ1) is 17.3. The lowest BCUT2D eigenvalue weighted by molar-refractivity contribution is 0.401. The quantitative estimate of drug-likeness (QED) is 0.170. The summed E-state index contributed by atoms with van der Waals surface area (Å²) >= 11 is 3.71. The van der Waals surface area contributed by atoms with Gasteiger partial charge in [-0.15, -0.1) is 22.7 Å². The first kappa shape index (κ1) is 24.5. The molecular weight excluding hydrogens is 460 g/mol. The first-order valence-corrected chi connectivity index (χ1v) is 15.4. The summed E-state index contributed by atoms with van der Waals surface area (Å²) in [7, 11) is 0. The molecule has 182 valence electrons. The molecule has 2 heterocycles. The lowest BCUT2D eigenvalue weighted by Crippen LogP contribution is -2.25. The van der Waals surface area contributed by atoms with Crippen LogP contribution >= 0.6 is 22.7 Å². The first-order valence-electron chi connectivity index (χ1n) is 13.6. The fourth-order valence-corrected chi connectivity index (χ4v) is 7.51. The van der Waals surface area contributed by atoms with E-state index in [9.17, 15) is 0 Å². The zero-order chi connectivity index (χ0) is 24.1. The lowest BCUT2D eigenvalue weighted by atomic mass is 9.70. The maximum absolute atomic E-state index is 2.56. The van der Waals surface area contributed by atoms with Crippen LogP contribution in [0, 0.1) is 0 Å². The van der Waals surface area contributed by atoms with Gasteiger partial charge < -0.3 is 0 Å². The molecular formula is C33H38S2. The fraction of sp³-hybridized carbons (Fsp3) is 0.394. The van der Waals surface area contributed by atoms with Crippen LogP contribution in [0.4, 0.5) is 0 Å². The maximum Gasteiger partial charge on any atom is 0.0342 e. The Morgan fingerprint density at radius 3 is 1.46 bits per heavy atom. The van der Waals surface area contributed by atoms with Crippen LogP contribution in [0.25, 0.3) is 32.0 Å². The summed E-state index contributed by atoms with van der Waals surface area (Å²) in [6.45, 7) is 4.64. The topological polar surface area (TPSA) is 0 Å². The second-order valence-electron chi connectivity index (χ2n) is 10.2. The zero-order valence-corrected chi connectivity index (χ0v) is 22.9. The molecule has 0 saturated heterocycles. The highest BCUT2D eigenvalue weighted by atomic mass is 32.1. The van der Waals surface area contributed by atoms with Gasteiger partial charge >= 0.3 is 0 Å². The van der Waals surface area contributed by atoms with Crippen LogP contribution in [0.3, 0.4) is 0 Å². The molecule has 0 unspecified atom stereocenters. The van der Waals surface area contributed by atoms with Crippen molar-refractivity contribution in [2.75, 3.05) is 0 Å². The van der Waals surface area contributed by atoms with Crippen molar-refractivity contribution in [3.8, 4) is 32.0 Å². The molecule has 0 atom stereocenters. The molecule has 2 heteroatoms. The largest absolute Gasteiger partial charge is 0.144 e. The Balaban J connectivity index is 1.63. The molecule has 0 bridgehead atoms. The third kappa shape index (κ3) is 4.93. The number of fused-ring (bicyclic) bond motifs is 3. The number of rotatable bonds is 12. The summed E-state index contributed by atoms with van der Waals surface area (Å²) in [5, 5.41) is 4.40. The van der Waals surface area contributed by atoms with Crippen molar-refractivity contribution in [1.82, 2.24) is 0 Å². The number of benzene rings is 2. The predicted molar refractivity (Wildman–Crippen MR) is 157 cm³/mol. The summed E-state index contributed by atoms with van der Waals surface area (Å²) < 4.78 is 0. The van der Waals surface area contributed by atoms with Gasteiger partial charge in [0.25, 0.3) is 0 Å². The Bertz CT molecular complexity index is 1120. The second kappa shape index (κ2) is 11.3. The fourth-order valence-electron chi connectivity index (χ4n) is 6.06. The minimum Gasteiger partial charge on any atom is -0.144 e. The highest BCUT2D eigenvalue weighted by Gasteiger charge is 2.42. The van der Waals surface area contributed by atoms with Gasteiger partial charge in [0, 0.05) is 15.2 Å². The average Bonchev–Trinajstić information content (AvgIpc) is 3.66. The van der Waals surface area contributed by atoms with Gasteiger partial charge in [-0.1, -0.05) is 102 Å². The molecule has 0 N–H and O–H groups in total. The molecule has 0 spiro atoms. The number of hydrogen-bond acceptors (Lipinski definition) is 2. The summed E-state index contributed by atoms with van der Waals surface area (Å²) in [5.74, 6) is 0. The molecule has 0 saturated carbocycles. The van der Waals surface area contributed by atoms with Gasteiger partial charge in [-0.3, -0.25) is 0 Å². The van der Waals surface area contributed by atoms with Crippen molar-refractivity contribution >= 4 is 22.7 Å². The van der Waals surface area contributed by atoms with E-state index in [1.54, 1.807) is 11.1 Å². The van der Waals surface area contributed by atoms with Crippen LogP contribution < -0.4 is 0 Å². The molecule has 0 nitrogen and oxygen atoms in total. The van der Waals surface area contributed by atoms with Crippen LogP contribution in [0.2, 0.25) is 0 Å². The Morgan fingerprint density at radius 1 is 0.571 bits per heavy atom. The summed E-state index contributed by atoms with van der Waals surface area (Å²) in [6, 6.07) is 23.6. The Morgan fingerprint density at radius 2 is 1.06 bits per heavy atom. The summed E-state index contributed by atoms with van der Waals surface area (Å²) in [5.41, 5.74) is 9.04. The number of unbranched alkanes of at least 4 members (excludes halogenated alkanes) is 6. The minimum absolute atomic E-state index is 0.132. The third-order valence-electron chi connectivity index (χ3n) is 7.89. The van der Waals surface area contributed by atoms with Crippen molar-refractivity contribution < 1.29 is 0 Å². The number of hydrogen-bond donors (Lipinski definition) is 0. The minimum atomic E-state index is 0.132. The van der Waals surface area contributed by atoms with E-state index in [0.29, 0.717) is 0 Å². The lowest BCUT2D eigenvalue weighted by Gasteiger charge is -2.33. The highest BCUT2D eigenvalue weighted by molar-refractivity contribution is 7.13. The van der Waals surface area contributed by atoms with Crippen LogP contribution in [0.15, 0.2) is 71.4 Å². The molecule has 0 radical (unpaired) electrons. The Labute approximate surface area is 220 Å². The predicted octanol–water partition coefficient (Wildman–Crippen LogP) is 11.4. The van der Waals surface area contributed by atoms with Crippen molar-refractivity contribution in [2.45, 2.75) is 83.5 Å². The molecule has 2 aromatic carbocycles. The monoisotopic (exact) mass is 498 g/mol. The van der Waals surface area contributed by atoms with E-state index >= 15 is 0 Å². The van der Waals surface area contributed by atoms with Crippen molar-refractivity contribution in [3.05, 3.63) is 82.6 Å². The van der Waals surface area contributed by atoms with Crippen LogP contribution in [0.5, 0.6) is 0 Å².